The molecule has 11 nitrogen and oxygen atoms in total. The quantitative estimate of drug-likeness (QED) is 0.240. The summed E-state index contributed by atoms with van der Waals surface area (Å²) in [7, 11) is 2.17. The van der Waals surface area contributed by atoms with E-state index >= 15 is 4.39 Å². The number of fused-ring (bicyclic) bond motifs is 1. The van der Waals surface area contributed by atoms with Crippen LogP contribution in [-0.2, 0) is 4.74 Å². The topological polar surface area (TPSA) is 128 Å². The van der Waals surface area contributed by atoms with Crippen molar-refractivity contribution in [2.75, 3.05) is 75.1 Å². The van der Waals surface area contributed by atoms with Gasteiger partial charge in [-0.15, -0.1) is 0 Å². The van der Waals surface area contributed by atoms with E-state index in [1.807, 2.05) is 30.5 Å². The van der Waals surface area contributed by atoms with E-state index in [1.54, 1.807) is 12.1 Å². The van der Waals surface area contributed by atoms with Crippen LogP contribution in [0.5, 0.6) is 0 Å². The molecule has 12 heteroatoms. The molecular weight excluding hydrogens is 561 g/mol. The maximum Gasteiger partial charge on any atom is 0.271 e. The lowest BCUT2D eigenvalue weighted by molar-refractivity contribution is 0.0209. The van der Waals surface area contributed by atoms with Gasteiger partial charge in [-0.05, 0) is 50.2 Å². The summed E-state index contributed by atoms with van der Waals surface area (Å²) in [6, 6.07) is 13.4. The number of carbonyl (C=O) groups excluding carboxylic acids is 1. The number of likely N-dealkylation sites (N-methyl/N-ethyl adjacent to an activating group) is 1. The predicted molar refractivity (Wildman–Crippen MR) is 170 cm³/mol. The molecule has 1 amide bonds. The first kappa shape index (κ1) is 28.5. The highest BCUT2D eigenvalue weighted by atomic mass is 19.1. The molecule has 5 heterocycles. The van der Waals surface area contributed by atoms with E-state index in [1.165, 1.54) is 6.07 Å². The molecular formula is C32H38FN9O2. The minimum Gasteiger partial charge on any atom is -0.377 e. The van der Waals surface area contributed by atoms with E-state index in [0.29, 0.717) is 42.1 Å². The van der Waals surface area contributed by atoms with Crippen LogP contribution in [0.2, 0.25) is 0 Å². The molecule has 3 saturated heterocycles. The van der Waals surface area contributed by atoms with Crippen molar-refractivity contribution in [3.05, 3.63) is 60.2 Å². The standard InChI is InChI=1S/C32H38FN9O2/c1-40-13-15-41(16-14-40)22-8-11-42(12-9-22)27-6-5-20(17-25(27)33)36-32-29(30(34)43)38-28(31(39-32)37-21-18-44-19-21)24-3-2-4-26-23(24)7-10-35-26/h2-7,10,17,21-22,35H,8-9,11-16,18-19H2,1H3,(H2,34,43)(H2,36,37,39). The van der Waals surface area contributed by atoms with Gasteiger partial charge in [-0.1, -0.05) is 12.1 Å². The molecule has 0 atom stereocenters. The zero-order chi connectivity index (χ0) is 30.2. The van der Waals surface area contributed by atoms with Gasteiger partial charge in [0.1, 0.15) is 11.5 Å². The molecule has 0 unspecified atom stereocenters. The number of primary amides is 1. The van der Waals surface area contributed by atoms with Crippen LogP contribution in [0.1, 0.15) is 23.3 Å². The molecule has 230 valence electrons. The molecule has 3 aliphatic heterocycles. The lowest BCUT2D eigenvalue weighted by Crippen LogP contribution is -2.52. The summed E-state index contributed by atoms with van der Waals surface area (Å²) in [6.07, 6.45) is 3.89. The monoisotopic (exact) mass is 599 g/mol. The fraction of sp³-hybridized carbons (Fsp3) is 0.406. The van der Waals surface area contributed by atoms with Gasteiger partial charge in [0.2, 0.25) is 0 Å². The van der Waals surface area contributed by atoms with Crippen LogP contribution < -0.4 is 21.3 Å². The molecule has 0 aliphatic carbocycles. The molecule has 4 aromatic rings. The first-order valence-corrected chi connectivity index (χ1v) is 15.3. The number of hydrogen-bond donors (Lipinski definition) is 4. The number of piperidine rings is 1. The number of nitrogens with one attached hydrogen (secondary N) is 3. The zero-order valence-electron chi connectivity index (χ0n) is 24.9. The summed E-state index contributed by atoms with van der Waals surface area (Å²) < 4.78 is 20.9. The summed E-state index contributed by atoms with van der Waals surface area (Å²) in [5.41, 5.74) is 9.05. The SMILES string of the molecule is CN1CCN(C2CCN(c3ccc(Nc4nc(NC5COC5)c(-c5cccc6[nH]ccc56)nc4C(N)=O)cc3F)CC2)CC1. The fourth-order valence-corrected chi connectivity index (χ4v) is 6.42. The van der Waals surface area contributed by atoms with Crippen molar-refractivity contribution >= 4 is 39.8 Å². The number of aromatic amines is 1. The van der Waals surface area contributed by atoms with Crippen molar-refractivity contribution < 1.29 is 13.9 Å². The van der Waals surface area contributed by atoms with Crippen molar-refractivity contribution in [2.24, 2.45) is 5.73 Å². The van der Waals surface area contributed by atoms with Crippen LogP contribution in [0, 0.1) is 5.82 Å². The number of ether oxygens (including phenoxy) is 1. The minimum absolute atomic E-state index is 0.0292. The maximum absolute atomic E-state index is 15.5. The van der Waals surface area contributed by atoms with Crippen LogP contribution in [0.25, 0.3) is 22.2 Å². The van der Waals surface area contributed by atoms with Gasteiger partial charge in [0.25, 0.3) is 5.91 Å². The Kier molecular flexibility index (Phi) is 7.79. The van der Waals surface area contributed by atoms with Crippen LogP contribution in [-0.4, -0.2) is 102 Å². The van der Waals surface area contributed by atoms with E-state index in [2.05, 4.69) is 37.4 Å². The molecule has 0 saturated carbocycles. The molecule has 3 fully saturated rings. The van der Waals surface area contributed by atoms with Gasteiger partial charge in [-0.2, -0.15) is 0 Å². The van der Waals surface area contributed by atoms with Crippen LogP contribution in [0.4, 0.5) is 27.4 Å². The van der Waals surface area contributed by atoms with E-state index in [0.717, 1.165) is 68.6 Å². The third kappa shape index (κ3) is 5.68. The molecule has 0 bridgehead atoms. The van der Waals surface area contributed by atoms with Crippen LogP contribution >= 0.6 is 0 Å². The summed E-state index contributed by atoms with van der Waals surface area (Å²) in [5, 5.41) is 7.46. The molecule has 2 aromatic carbocycles. The second-order valence-corrected chi connectivity index (χ2v) is 12.0. The highest BCUT2D eigenvalue weighted by Gasteiger charge is 2.28. The molecule has 2 aromatic heterocycles. The molecule has 7 rings (SSSR count). The van der Waals surface area contributed by atoms with Gasteiger partial charge in [0.05, 0.1) is 24.9 Å². The number of H-pyrrole nitrogens is 1. The number of rotatable bonds is 8. The lowest BCUT2D eigenvalue weighted by Gasteiger charge is -2.42. The van der Waals surface area contributed by atoms with Crippen molar-refractivity contribution in [1.82, 2.24) is 24.8 Å². The van der Waals surface area contributed by atoms with E-state index in [-0.39, 0.29) is 23.4 Å². The van der Waals surface area contributed by atoms with Crippen molar-refractivity contribution in [2.45, 2.75) is 24.9 Å². The number of aromatic nitrogens is 3. The Labute approximate surface area is 255 Å². The number of halogens is 1. The second-order valence-electron chi connectivity index (χ2n) is 12.0. The van der Waals surface area contributed by atoms with E-state index in [9.17, 15) is 4.79 Å². The number of carbonyl (C=O) groups is 1. The second kappa shape index (κ2) is 12.0. The van der Waals surface area contributed by atoms with Crippen LogP contribution in [0.3, 0.4) is 0 Å². The number of anilines is 4. The number of piperazine rings is 1. The lowest BCUT2D eigenvalue weighted by atomic mass is 10.0. The Hall–Kier alpha value is -4.26. The van der Waals surface area contributed by atoms with Gasteiger partial charge < -0.3 is 35.9 Å². The highest BCUT2D eigenvalue weighted by Crippen LogP contribution is 2.35. The Morgan fingerprint density at radius 2 is 1.82 bits per heavy atom. The molecule has 3 aliphatic rings. The largest absolute Gasteiger partial charge is 0.377 e. The summed E-state index contributed by atoms with van der Waals surface area (Å²) in [5.74, 6) is -0.422. The number of nitrogens with two attached hydrogens (primary N) is 1. The van der Waals surface area contributed by atoms with Gasteiger partial charge >= 0.3 is 0 Å². The van der Waals surface area contributed by atoms with Gasteiger partial charge in [0.15, 0.2) is 17.3 Å². The predicted octanol–water partition coefficient (Wildman–Crippen LogP) is 3.63. The Morgan fingerprint density at radius 3 is 2.52 bits per heavy atom. The molecule has 5 N–H and O–H groups in total. The Bertz CT molecular complexity index is 1660. The molecule has 0 spiro atoms. The average Bonchev–Trinajstić information content (AvgIpc) is 3.49. The minimum atomic E-state index is -0.735. The Morgan fingerprint density at radius 1 is 1.02 bits per heavy atom. The van der Waals surface area contributed by atoms with E-state index < -0.39 is 5.91 Å². The zero-order valence-corrected chi connectivity index (χ0v) is 24.9. The first-order chi connectivity index (χ1) is 21.4. The number of amides is 1. The smallest absolute Gasteiger partial charge is 0.271 e. The van der Waals surface area contributed by atoms with Crippen molar-refractivity contribution in [1.29, 1.82) is 0 Å². The van der Waals surface area contributed by atoms with Crippen LogP contribution in [0.15, 0.2) is 48.7 Å². The van der Waals surface area contributed by atoms with Gasteiger partial charge in [-0.25, -0.2) is 14.4 Å². The summed E-state index contributed by atoms with van der Waals surface area (Å²) >= 11 is 0. The average molecular weight is 600 g/mol. The third-order valence-corrected chi connectivity index (χ3v) is 9.03. The number of benzene rings is 2. The number of hydrogen-bond acceptors (Lipinski definition) is 9. The molecule has 0 radical (unpaired) electrons. The molecule has 44 heavy (non-hydrogen) atoms. The summed E-state index contributed by atoms with van der Waals surface area (Å²) in [4.78, 5) is 32.4. The van der Waals surface area contributed by atoms with Gasteiger partial charge in [0, 0.05) is 73.7 Å². The maximum atomic E-state index is 15.5. The van der Waals surface area contributed by atoms with E-state index in [4.69, 9.17) is 20.4 Å². The third-order valence-electron chi connectivity index (χ3n) is 9.03. The number of nitrogens with zero attached hydrogens (tertiary/aromatic N) is 5. The normalized spacial score (nSPS) is 18.8. The van der Waals surface area contributed by atoms with Crippen molar-refractivity contribution in [3.8, 4) is 11.3 Å². The van der Waals surface area contributed by atoms with Gasteiger partial charge in [-0.3, -0.25) is 9.69 Å². The summed E-state index contributed by atoms with van der Waals surface area (Å²) in [6.45, 7) is 7.10. The Balaban J connectivity index is 1.13. The highest BCUT2D eigenvalue weighted by molar-refractivity contribution is 6.01. The first-order valence-electron chi connectivity index (χ1n) is 15.3. The fourth-order valence-electron chi connectivity index (χ4n) is 6.42. The van der Waals surface area contributed by atoms with Crippen molar-refractivity contribution in [3.63, 3.8) is 0 Å².